The molecule has 4 unspecified atom stereocenters. The monoisotopic (exact) mass is 267 g/mol. The van der Waals surface area contributed by atoms with Gasteiger partial charge in [-0.15, -0.1) is 0 Å². The van der Waals surface area contributed by atoms with Gasteiger partial charge in [0.05, 0.1) is 6.10 Å². The van der Waals surface area contributed by atoms with Crippen molar-refractivity contribution in [2.24, 2.45) is 17.8 Å². The molecule has 4 rings (SSSR count). The van der Waals surface area contributed by atoms with Crippen molar-refractivity contribution in [1.29, 1.82) is 0 Å². The number of hydrogen-bond acceptors (Lipinski definition) is 2. The van der Waals surface area contributed by atoms with E-state index < -0.39 is 0 Å². The van der Waals surface area contributed by atoms with Gasteiger partial charge in [-0.2, -0.15) is 0 Å². The highest BCUT2D eigenvalue weighted by Gasteiger charge is 2.40. The topological polar surface area (TPSA) is 33.1 Å². The third-order valence-corrected chi connectivity index (χ3v) is 5.47. The van der Waals surface area contributed by atoms with Crippen molar-refractivity contribution >= 4 is 10.8 Å². The van der Waals surface area contributed by atoms with Gasteiger partial charge in [0.25, 0.3) is 0 Å². The summed E-state index contributed by atoms with van der Waals surface area (Å²) in [6.07, 6.45) is 9.83. The van der Waals surface area contributed by atoms with E-state index >= 15 is 0 Å². The predicted octanol–water partition coefficient (Wildman–Crippen LogP) is 4.09. The highest BCUT2D eigenvalue weighted by Crippen LogP contribution is 2.51. The largest absolute Gasteiger partial charge is 0.388 e. The molecular formula is C18H21NO. The second-order valence-corrected chi connectivity index (χ2v) is 6.64. The van der Waals surface area contributed by atoms with Crippen LogP contribution in [0, 0.1) is 17.8 Å². The maximum atomic E-state index is 10.7. The molecule has 2 aliphatic carbocycles. The van der Waals surface area contributed by atoms with Gasteiger partial charge in [-0.05, 0) is 48.8 Å². The maximum Gasteiger partial charge on any atom is 0.0813 e. The zero-order valence-electron chi connectivity index (χ0n) is 11.7. The molecule has 0 amide bonds. The third-order valence-electron chi connectivity index (χ3n) is 5.47. The summed E-state index contributed by atoms with van der Waals surface area (Å²) in [5.41, 5.74) is 1.01. The molecule has 0 aliphatic heterocycles. The van der Waals surface area contributed by atoms with Crippen LogP contribution in [0.3, 0.4) is 0 Å². The maximum absolute atomic E-state index is 10.7. The molecular weight excluding hydrogens is 246 g/mol. The molecule has 0 saturated heterocycles. The van der Waals surface area contributed by atoms with Crippen LogP contribution in [0.25, 0.3) is 10.8 Å². The summed E-state index contributed by atoms with van der Waals surface area (Å²) >= 11 is 0. The molecule has 2 fully saturated rings. The lowest BCUT2D eigenvalue weighted by Gasteiger charge is -2.24. The fraction of sp³-hybridized carbons (Fsp3) is 0.500. The highest BCUT2D eigenvalue weighted by atomic mass is 16.3. The van der Waals surface area contributed by atoms with E-state index in [-0.39, 0.29) is 6.10 Å². The summed E-state index contributed by atoms with van der Waals surface area (Å²) in [4.78, 5) is 4.30. The van der Waals surface area contributed by atoms with Gasteiger partial charge in [0.1, 0.15) is 0 Å². The number of pyridine rings is 1. The highest BCUT2D eigenvalue weighted by molar-refractivity contribution is 5.84. The number of aromatic nitrogens is 1. The van der Waals surface area contributed by atoms with Crippen molar-refractivity contribution in [3.8, 4) is 0 Å². The fourth-order valence-corrected chi connectivity index (χ4v) is 4.48. The first-order chi connectivity index (χ1) is 9.81. The number of aliphatic hydroxyl groups is 1. The van der Waals surface area contributed by atoms with Gasteiger partial charge in [-0.25, -0.2) is 0 Å². The van der Waals surface area contributed by atoms with Crippen LogP contribution in [0.4, 0.5) is 0 Å². The molecule has 20 heavy (non-hydrogen) atoms. The zero-order valence-corrected chi connectivity index (χ0v) is 11.7. The number of fused-ring (bicyclic) bond motifs is 3. The van der Waals surface area contributed by atoms with E-state index in [2.05, 4.69) is 17.1 Å². The molecule has 0 radical (unpaired) electrons. The number of benzene rings is 1. The Labute approximate surface area is 119 Å². The quantitative estimate of drug-likeness (QED) is 0.908. The van der Waals surface area contributed by atoms with Gasteiger partial charge >= 0.3 is 0 Å². The smallest absolute Gasteiger partial charge is 0.0813 e. The van der Waals surface area contributed by atoms with Crippen molar-refractivity contribution in [2.75, 3.05) is 0 Å². The predicted molar refractivity (Wildman–Crippen MR) is 80.3 cm³/mol. The van der Waals surface area contributed by atoms with E-state index in [1.165, 1.54) is 25.7 Å². The number of aliphatic hydroxyl groups excluding tert-OH is 1. The number of nitrogens with zero attached hydrogens (tertiary/aromatic N) is 1. The molecule has 2 bridgehead atoms. The first kappa shape index (κ1) is 12.3. The van der Waals surface area contributed by atoms with Crippen molar-refractivity contribution in [3.05, 3.63) is 42.2 Å². The Kier molecular flexibility index (Phi) is 2.99. The van der Waals surface area contributed by atoms with Gasteiger partial charge in [-0.1, -0.05) is 30.7 Å². The zero-order chi connectivity index (χ0) is 13.5. The minimum absolute atomic E-state index is 0.363. The number of rotatable bonds is 3. The van der Waals surface area contributed by atoms with Crippen LogP contribution in [-0.4, -0.2) is 10.1 Å². The van der Waals surface area contributed by atoms with E-state index in [1.54, 1.807) is 0 Å². The Morgan fingerprint density at radius 1 is 1.15 bits per heavy atom. The summed E-state index contributed by atoms with van der Waals surface area (Å²) in [6.45, 7) is 0. The van der Waals surface area contributed by atoms with Crippen LogP contribution in [0.15, 0.2) is 36.7 Å². The summed E-state index contributed by atoms with van der Waals surface area (Å²) in [6, 6.07) is 8.22. The Hall–Kier alpha value is -1.41. The van der Waals surface area contributed by atoms with Gasteiger partial charge in [-0.3, -0.25) is 4.98 Å². The van der Waals surface area contributed by atoms with Gasteiger partial charge in [0, 0.05) is 23.3 Å². The Morgan fingerprint density at radius 2 is 2.05 bits per heavy atom. The lowest BCUT2D eigenvalue weighted by Crippen LogP contribution is -2.14. The van der Waals surface area contributed by atoms with Gasteiger partial charge in [0.2, 0.25) is 0 Å². The summed E-state index contributed by atoms with van der Waals surface area (Å²) in [7, 11) is 0. The number of hydrogen-bond donors (Lipinski definition) is 1. The van der Waals surface area contributed by atoms with E-state index in [0.29, 0.717) is 0 Å². The first-order valence-corrected chi connectivity index (χ1v) is 7.82. The van der Waals surface area contributed by atoms with E-state index in [1.807, 2.05) is 24.5 Å². The first-order valence-electron chi connectivity index (χ1n) is 7.82. The Bertz CT molecular complexity index is 618. The summed E-state index contributed by atoms with van der Waals surface area (Å²) < 4.78 is 0. The fourth-order valence-electron chi connectivity index (χ4n) is 4.48. The standard InChI is InChI=1S/C18H21NO/c20-18(9-15-8-12-5-6-13(15)7-12)17-11-19-10-14-3-1-2-4-16(14)17/h1-4,10-13,15,18,20H,5-9H2. The van der Waals surface area contributed by atoms with Crippen molar-refractivity contribution < 1.29 is 5.11 Å². The van der Waals surface area contributed by atoms with Gasteiger partial charge < -0.3 is 5.11 Å². The normalized spacial score (nSPS) is 29.9. The summed E-state index contributed by atoms with van der Waals surface area (Å²) in [5, 5.41) is 12.9. The SMILES string of the molecule is OC(CC1CC2CCC1C2)c1cncc2ccccc12. The van der Waals surface area contributed by atoms with E-state index in [4.69, 9.17) is 0 Å². The average Bonchev–Trinajstić information content (AvgIpc) is 3.09. The molecule has 1 N–H and O–H groups in total. The second-order valence-electron chi connectivity index (χ2n) is 6.64. The van der Waals surface area contributed by atoms with Crippen LogP contribution in [0.5, 0.6) is 0 Å². The molecule has 4 atom stereocenters. The second kappa shape index (κ2) is 4.85. The lowest BCUT2D eigenvalue weighted by molar-refractivity contribution is 0.126. The minimum Gasteiger partial charge on any atom is -0.388 e. The van der Waals surface area contributed by atoms with Crippen molar-refractivity contribution in [3.63, 3.8) is 0 Å². The molecule has 104 valence electrons. The molecule has 1 aromatic heterocycles. The average molecular weight is 267 g/mol. The molecule has 2 aromatic rings. The van der Waals surface area contributed by atoms with Crippen molar-refractivity contribution in [2.45, 2.75) is 38.2 Å². The van der Waals surface area contributed by atoms with E-state index in [9.17, 15) is 5.11 Å². The van der Waals surface area contributed by atoms with E-state index in [0.717, 1.165) is 40.5 Å². The van der Waals surface area contributed by atoms with Crippen LogP contribution >= 0.6 is 0 Å². The molecule has 0 spiro atoms. The molecule has 2 aliphatic rings. The summed E-state index contributed by atoms with van der Waals surface area (Å²) in [5.74, 6) is 2.54. The van der Waals surface area contributed by atoms with Crippen LogP contribution < -0.4 is 0 Å². The lowest BCUT2D eigenvalue weighted by atomic mass is 9.83. The van der Waals surface area contributed by atoms with Crippen LogP contribution in [0.2, 0.25) is 0 Å². The third kappa shape index (κ3) is 2.03. The molecule has 2 saturated carbocycles. The Balaban J connectivity index is 1.59. The van der Waals surface area contributed by atoms with Gasteiger partial charge in [0.15, 0.2) is 0 Å². The molecule has 1 aromatic carbocycles. The van der Waals surface area contributed by atoms with Crippen LogP contribution in [-0.2, 0) is 0 Å². The molecule has 1 heterocycles. The molecule has 2 nitrogen and oxygen atoms in total. The minimum atomic E-state index is -0.363. The Morgan fingerprint density at radius 3 is 2.85 bits per heavy atom. The van der Waals surface area contributed by atoms with Crippen molar-refractivity contribution in [1.82, 2.24) is 4.98 Å². The molecule has 2 heteroatoms. The van der Waals surface area contributed by atoms with Crippen LogP contribution in [0.1, 0.15) is 43.8 Å².